The maximum Gasteiger partial charge on any atom is 0.168 e. The van der Waals surface area contributed by atoms with Crippen LogP contribution in [0.15, 0.2) is 39.3 Å². The molecule has 0 aliphatic heterocycles. The molecule has 0 unspecified atom stereocenters. The molecular formula is C15H10Br2Cl2O. The predicted molar refractivity (Wildman–Crippen MR) is 91.1 cm³/mol. The second kappa shape index (κ2) is 6.61. The molecule has 5 heteroatoms. The molecule has 0 radical (unpaired) electrons. The van der Waals surface area contributed by atoms with Gasteiger partial charge >= 0.3 is 0 Å². The highest BCUT2D eigenvalue weighted by Gasteiger charge is 2.13. The number of benzene rings is 2. The van der Waals surface area contributed by atoms with Crippen molar-refractivity contribution in [2.75, 3.05) is 0 Å². The zero-order valence-corrected chi connectivity index (χ0v) is 15.2. The Morgan fingerprint density at radius 1 is 1.05 bits per heavy atom. The molecule has 20 heavy (non-hydrogen) atoms. The summed E-state index contributed by atoms with van der Waals surface area (Å²) in [5.41, 5.74) is 2.56. The summed E-state index contributed by atoms with van der Waals surface area (Å²) in [5, 5.41) is 0.947. The van der Waals surface area contributed by atoms with Gasteiger partial charge in [0.1, 0.15) is 0 Å². The number of hydrogen-bond acceptors (Lipinski definition) is 1. The maximum absolute atomic E-state index is 12.4. The van der Waals surface area contributed by atoms with E-state index in [0.29, 0.717) is 15.6 Å². The van der Waals surface area contributed by atoms with Gasteiger partial charge in [-0.05, 0) is 42.3 Å². The van der Waals surface area contributed by atoms with Crippen LogP contribution in [0.4, 0.5) is 0 Å². The Labute approximate surface area is 144 Å². The van der Waals surface area contributed by atoms with E-state index in [-0.39, 0.29) is 12.2 Å². The van der Waals surface area contributed by atoms with Crippen LogP contribution in [0.5, 0.6) is 0 Å². The number of ketones is 1. The zero-order valence-electron chi connectivity index (χ0n) is 10.5. The van der Waals surface area contributed by atoms with Gasteiger partial charge in [0.25, 0.3) is 0 Å². The molecule has 0 heterocycles. The van der Waals surface area contributed by atoms with Crippen molar-refractivity contribution in [2.45, 2.75) is 13.3 Å². The first-order valence-corrected chi connectivity index (χ1v) is 8.15. The van der Waals surface area contributed by atoms with Gasteiger partial charge < -0.3 is 0 Å². The van der Waals surface area contributed by atoms with Gasteiger partial charge in [0.05, 0.1) is 10.0 Å². The number of carbonyl (C=O) groups excluding carboxylic acids is 1. The van der Waals surface area contributed by atoms with Crippen LogP contribution < -0.4 is 0 Å². The molecular weight excluding hydrogens is 427 g/mol. The third-order valence-electron chi connectivity index (χ3n) is 2.90. The Balaban J connectivity index is 2.28. The van der Waals surface area contributed by atoms with E-state index < -0.39 is 0 Å². The fraction of sp³-hybridized carbons (Fsp3) is 0.133. The third kappa shape index (κ3) is 3.64. The number of rotatable bonds is 3. The molecule has 2 aromatic carbocycles. The molecule has 0 bridgehead atoms. The lowest BCUT2D eigenvalue weighted by molar-refractivity contribution is 0.0992. The average molecular weight is 437 g/mol. The minimum atomic E-state index is 0.0240. The number of carbonyl (C=O) groups is 1. The van der Waals surface area contributed by atoms with E-state index in [2.05, 4.69) is 31.9 Å². The Kier molecular flexibility index (Phi) is 5.30. The van der Waals surface area contributed by atoms with Crippen molar-refractivity contribution in [3.8, 4) is 0 Å². The Morgan fingerprint density at radius 2 is 1.75 bits per heavy atom. The Morgan fingerprint density at radius 3 is 2.40 bits per heavy atom. The van der Waals surface area contributed by atoms with E-state index in [1.54, 1.807) is 12.1 Å². The van der Waals surface area contributed by atoms with E-state index in [4.69, 9.17) is 23.2 Å². The van der Waals surface area contributed by atoms with Crippen molar-refractivity contribution in [1.82, 2.24) is 0 Å². The zero-order chi connectivity index (χ0) is 14.9. The van der Waals surface area contributed by atoms with Gasteiger partial charge in [0.15, 0.2) is 5.78 Å². The molecule has 0 aliphatic carbocycles. The van der Waals surface area contributed by atoms with Crippen molar-refractivity contribution in [1.29, 1.82) is 0 Å². The van der Waals surface area contributed by atoms with Gasteiger partial charge in [-0.3, -0.25) is 4.79 Å². The largest absolute Gasteiger partial charge is 0.294 e. The van der Waals surface area contributed by atoms with Crippen LogP contribution in [0.2, 0.25) is 10.0 Å². The fourth-order valence-electron chi connectivity index (χ4n) is 1.79. The van der Waals surface area contributed by atoms with E-state index in [0.717, 1.165) is 20.1 Å². The van der Waals surface area contributed by atoms with Gasteiger partial charge in [0, 0.05) is 20.9 Å². The second-order valence-corrected chi connectivity index (χ2v) is 6.95. The number of aryl methyl sites for hydroxylation is 1. The van der Waals surface area contributed by atoms with Crippen molar-refractivity contribution in [3.63, 3.8) is 0 Å². The van der Waals surface area contributed by atoms with Crippen molar-refractivity contribution in [2.24, 2.45) is 0 Å². The van der Waals surface area contributed by atoms with Gasteiger partial charge in [-0.1, -0.05) is 61.1 Å². The number of halogens is 4. The van der Waals surface area contributed by atoms with Crippen LogP contribution in [0.25, 0.3) is 0 Å². The van der Waals surface area contributed by atoms with Crippen LogP contribution in [-0.2, 0) is 6.42 Å². The van der Waals surface area contributed by atoms with Gasteiger partial charge in [-0.2, -0.15) is 0 Å². The molecule has 0 N–H and O–H groups in total. The molecule has 0 fully saturated rings. The number of hydrogen-bond donors (Lipinski definition) is 0. The van der Waals surface area contributed by atoms with Crippen LogP contribution in [0, 0.1) is 6.92 Å². The molecule has 0 atom stereocenters. The van der Waals surface area contributed by atoms with Crippen LogP contribution in [-0.4, -0.2) is 5.78 Å². The summed E-state index contributed by atoms with van der Waals surface area (Å²) in [4.78, 5) is 12.4. The maximum atomic E-state index is 12.4. The summed E-state index contributed by atoms with van der Waals surface area (Å²) in [6.07, 6.45) is 0.283. The molecule has 0 aliphatic rings. The van der Waals surface area contributed by atoms with Gasteiger partial charge in [0.2, 0.25) is 0 Å². The fourth-order valence-corrected chi connectivity index (χ4v) is 3.13. The Hall–Kier alpha value is -0.350. The summed E-state index contributed by atoms with van der Waals surface area (Å²) in [5.74, 6) is 0.0240. The molecule has 2 rings (SSSR count). The number of Topliss-reactive ketones (excluding diaryl/α,β-unsaturated/α-hetero) is 1. The molecule has 0 saturated carbocycles. The monoisotopic (exact) mass is 434 g/mol. The van der Waals surface area contributed by atoms with E-state index >= 15 is 0 Å². The van der Waals surface area contributed by atoms with Crippen LogP contribution >= 0.6 is 55.1 Å². The molecule has 1 nitrogen and oxygen atoms in total. The highest BCUT2D eigenvalue weighted by molar-refractivity contribution is 9.11. The summed E-state index contributed by atoms with van der Waals surface area (Å²) < 4.78 is 1.71. The van der Waals surface area contributed by atoms with E-state index in [1.165, 1.54) is 0 Å². The van der Waals surface area contributed by atoms with E-state index in [1.807, 2.05) is 25.1 Å². The first-order valence-electron chi connectivity index (χ1n) is 5.81. The van der Waals surface area contributed by atoms with Crippen molar-refractivity contribution < 1.29 is 4.79 Å². The van der Waals surface area contributed by atoms with Crippen LogP contribution in [0.3, 0.4) is 0 Å². The lowest BCUT2D eigenvalue weighted by atomic mass is 10.0. The van der Waals surface area contributed by atoms with Gasteiger partial charge in [-0.15, -0.1) is 0 Å². The smallest absolute Gasteiger partial charge is 0.168 e. The summed E-state index contributed by atoms with van der Waals surface area (Å²) in [6.45, 7) is 1.97. The Bertz CT molecular complexity index is 684. The molecule has 2 aromatic rings. The quantitative estimate of drug-likeness (QED) is 0.519. The third-order valence-corrected chi connectivity index (χ3v) is 5.15. The second-order valence-electron chi connectivity index (χ2n) is 4.43. The highest BCUT2D eigenvalue weighted by Crippen LogP contribution is 2.28. The SMILES string of the molecule is Cc1cc(Br)c(C(=O)Cc2ccc(Cl)c(Cl)c2)cc1Br. The van der Waals surface area contributed by atoms with Gasteiger partial charge in [-0.25, -0.2) is 0 Å². The van der Waals surface area contributed by atoms with Crippen molar-refractivity contribution >= 4 is 60.8 Å². The lowest BCUT2D eigenvalue weighted by Crippen LogP contribution is -2.05. The lowest BCUT2D eigenvalue weighted by Gasteiger charge is -2.08. The first-order chi connectivity index (χ1) is 9.38. The first kappa shape index (κ1) is 16.0. The molecule has 0 amide bonds. The topological polar surface area (TPSA) is 17.1 Å². The molecule has 0 saturated heterocycles. The minimum absolute atomic E-state index is 0.0240. The predicted octanol–water partition coefficient (Wildman–Crippen LogP) is 6.25. The van der Waals surface area contributed by atoms with Crippen molar-refractivity contribution in [3.05, 3.63) is 66.0 Å². The molecule has 0 spiro atoms. The highest BCUT2D eigenvalue weighted by atomic mass is 79.9. The normalized spacial score (nSPS) is 10.7. The average Bonchev–Trinajstić information content (AvgIpc) is 2.38. The molecule has 0 aromatic heterocycles. The molecule has 104 valence electrons. The van der Waals surface area contributed by atoms with E-state index in [9.17, 15) is 4.79 Å². The van der Waals surface area contributed by atoms with Crippen LogP contribution in [0.1, 0.15) is 21.5 Å². The summed E-state index contributed by atoms with van der Waals surface area (Å²) >= 11 is 18.7. The summed E-state index contributed by atoms with van der Waals surface area (Å²) in [7, 11) is 0. The minimum Gasteiger partial charge on any atom is -0.294 e. The standard InChI is InChI=1S/C15H10Br2Cl2O/c1-8-4-12(17)10(7-11(8)16)15(20)6-9-2-3-13(18)14(19)5-9/h2-5,7H,6H2,1H3. The summed E-state index contributed by atoms with van der Waals surface area (Å²) in [6, 6.07) is 8.99.